The zero-order valence-corrected chi connectivity index (χ0v) is 18.4. The van der Waals surface area contributed by atoms with Crippen molar-refractivity contribution in [2.75, 3.05) is 4.90 Å². The van der Waals surface area contributed by atoms with Crippen LogP contribution in [0.3, 0.4) is 0 Å². The fourth-order valence-corrected chi connectivity index (χ4v) is 4.13. The third kappa shape index (κ3) is 5.23. The quantitative estimate of drug-likeness (QED) is 0.356. The maximum Gasteiger partial charge on any atom is 0.416 e. The molecule has 0 N–H and O–H groups in total. The largest absolute Gasteiger partial charge is 0.489 e. The van der Waals surface area contributed by atoms with Crippen molar-refractivity contribution in [3.63, 3.8) is 0 Å². The summed E-state index contributed by atoms with van der Waals surface area (Å²) in [6.07, 6.45) is -3.07. The van der Waals surface area contributed by atoms with Crippen LogP contribution in [0, 0.1) is 0 Å². The van der Waals surface area contributed by atoms with Crippen LogP contribution in [0.2, 0.25) is 5.02 Å². The second-order valence-corrected chi connectivity index (χ2v) is 8.41. The van der Waals surface area contributed by atoms with E-state index in [-0.39, 0.29) is 17.2 Å². The number of carbonyl (C=O) groups is 2. The molecule has 1 fully saturated rings. The van der Waals surface area contributed by atoms with Gasteiger partial charge in [-0.05, 0) is 59.8 Å². The molecule has 168 valence electrons. The fourth-order valence-electron chi connectivity index (χ4n) is 3.10. The second-order valence-electron chi connectivity index (χ2n) is 7.01. The molecule has 0 unspecified atom stereocenters. The summed E-state index contributed by atoms with van der Waals surface area (Å²) >= 11 is 6.78. The van der Waals surface area contributed by atoms with Crippen molar-refractivity contribution in [1.82, 2.24) is 0 Å². The first-order valence-electron chi connectivity index (χ1n) is 9.64. The van der Waals surface area contributed by atoms with Crippen molar-refractivity contribution >= 4 is 46.3 Å². The highest BCUT2D eigenvalue weighted by molar-refractivity contribution is 8.19. The lowest BCUT2D eigenvalue weighted by Gasteiger charge is -2.14. The van der Waals surface area contributed by atoms with Crippen molar-refractivity contribution in [2.24, 2.45) is 0 Å². The molecule has 0 aromatic heterocycles. The van der Waals surface area contributed by atoms with Gasteiger partial charge < -0.3 is 4.74 Å². The number of nitrogens with zero attached hydrogens (tertiary/aromatic N) is 1. The van der Waals surface area contributed by atoms with Gasteiger partial charge in [-0.15, -0.1) is 0 Å². The third-order valence-corrected chi connectivity index (χ3v) is 5.99. The Bertz CT molecular complexity index is 1240. The second kappa shape index (κ2) is 9.33. The molecule has 1 heterocycles. The van der Waals surface area contributed by atoms with Crippen molar-refractivity contribution in [3.05, 3.63) is 99.4 Å². The maximum absolute atomic E-state index is 13.0. The monoisotopic (exact) mass is 489 g/mol. The predicted octanol–water partition coefficient (Wildman–Crippen LogP) is 7.18. The molecule has 9 heteroatoms. The minimum Gasteiger partial charge on any atom is -0.489 e. The van der Waals surface area contributed by atoms with E-state index >= 15 is 0 Å². The van der Waals surface area contributed by atoms with Gasteiger partial charge in [0.05, 0.1) is 16.2 Å². The van der Waals surface area contributed by atoms with Crippen LogP contribution in [-0.4, -0.2) is 11.1 Å². The summed E-state index contributed by atoms with van der Waals surface area (Å²) in [4.78, 5) is 26.0. The molecule has 0 saturated carbocycles. The van der Waals surface area contributed by atoms with Gasteiger partial charge in [-0.3, -0.25) is 9.59 Å². The summed E-state index contributed by atoms with van der Waals surface area (Å²) in [6, 6.07) is 18.3. The number of benzene rings is 3. The van der Waals surface area contributed by atoms with Crippen LogP contribution in [0.15, 0.2) is 77.7 Å². The molecule has 0 radical (unpaired) electrons. The van der Waals surface area contributed by atoms with Crippen LogP contribution < -0.4 is 9.64 Å². The number of ether oxygens (including phenoxy) is 1. The van der Waals surface area contributed by atoms with Crippen molar-refractivity contribution < 1.29 is 27.5 Å². The van der Waals surface area contributed by atoms with E-state index in [0.717, 1.165) is 28.7 Å². The topological polar surface area (TPSA) is 46.6 Å². The molecule has 4 nitrogen and oxygen atoms in total. The van der Waals surface area contributed by atoms with E-state index in [1.165, 1.54) is 12.1 Å². The highest BCUT2D eigenvalue weighted by atomic mass is 35.5. The van der Waals surface area contributed by atoms with Crippen LogP contribution in [0.5, 0.6) is 5.75 Å². The number of alkyl halides is 3. The summed E-state index contributed by atoms with van der Waals surface area (Å²) < 4.78 is 44.7. The molecule has 3 aromatic rings. The molecule has 0 aliphatic carbocycles. The standard InChI is InChI=1S/C24H15ClF3NO3S/c25-20-7-2-1-4-16(20)14-32-19-10-8-15(9-11-19)12-21-22(30)29(23(31)33-21)18-6-3-5-17(13-18)24(26,27)28/h1-13H,14H2/b21-12-. The van der Waals surface area contributed by atoms with E-state index < -0.39 is 22.9 Å². The maximum atomic E-state index is 13.0. The van der Waals surface area contributed by atoms with E-state index in [2.05, 4.69) is 0 Å². The molecule has 4 rings (SSSR count). The Kier molecular flexibility index (Phi) is 6.49. The van der Waals surface area contributed by atoms with Gasteiger partial charge in [0.15, 0.2) is 0 Å². The first-order chi connectivity index (χ1) is 15.7. The summed E-state index contributed by atoms with van der Waals surface area (Å²) in [5.41, 5.74) is 0.413. The van der Waals surface area contributed by atoms with Gasteiger partial charge >= 0.3 is 6.18 Å². The van der Waals surface area contributed by atoms with Gasteiger partial charge in [-0.25, -0.2) is 4.90 Å². The molecular weight excluding hydrogens is 475 g/mol. The van der Waals surface area contributed by atoms with Crippen LogP contribution in [-0.2, 0) is 17.6 Å². The highest BCUT2D eigenvalue weighted by Crippen LogP contribution is 2.38. The molecule has 1 aliphatic heterocycles. The molecular formula is C24H15ClF3NO3S. The molecule has 0 bridgehead atoms. The Labute approximate surface area is 196 Å². The van der Waals surface area contributed by atoms with E-state index in [0.29, 0.717) is 28.1 Å². The average Bonchev–Trinajstić information content (AvgIpc) is 3.06. The van der Waals surface area contributed by atoms with Crippen LogP contribution in [0.1, 0.15) is 16.7 Å². The molecule has 1 saturated heterocycles. The number of carbonyl (C=O) groups excluding carboxylic acids is 2. The fraction of sp³-hybridized carbons (Fsp3) is 0.0833. The Hall–Kier alpha value is -3.23. The molecule has 0 atom stereocenters. The summed E-state index contributed by atoms with van der Waals surface area (Å²) in [7, 11) is 0. The van der Waals surface area contributed by atoms with Crippen LogP contribution >= 0.6 is 23.4 Å². The molecule has 0 spiro atoms. The van der Waals surface area contributed by atoms with E-state index in [1.807, 2.05) is 18.2 Å². The minimum absolute atomic E-state index is 0.113. The number of imide groups is 1. The summed E-state index contributed by atoms with van der Waals surface area (Å²) in [5.74, 6) is -0.0903. The molecule has 1 aliphatic rings. The van der Waals surface area contributed by atoms with Crippen LogP contribution in [0.4, 0.5) is 23.7 Å². The Balaban J connectivity index is 1.48. The van der Waals surface area contributed by atoms with E-state index in [9.17, 15) is 22.8 Å². The summed E-state index contributed by atoms with van der Waals surface area (Å²) in [6.45, 7) is 0.287. The van der Waals surface area contributed by atoms with Gasteiger partial charge in [-0.1, -0.05) is 48.0 Å². The van der Waals surface area contributed by atoms with E-state index in [4.69, 9.17) is 16.3 Å². The van der Waals surface area contributed by atoms with Gasteiger partial charge in [0, 0.05) is 10.6 Å². The summed E-state index contributed by atoms with van der Waals surface area (Å²) in [5, 5.41) is -0.0594. The molecule has 2 amide bonds. The lowest BCUT2D eigenvalue weighted by atomic mass is 10.1. The number of rotatable bonds is 5. The highest BCUT2D eigenvalue weighted by Gasteiger charge is 2.38. The predicted molar refractivity (Wildman–Crippen MR) is 122 cm³/mol. The van der Waals surface area contributed by atoms with Gasteiger partial charge in [0.1, 0.15) is 12.4 Å². The SMILES string of the molecule is O=C1S/C(=C\c2ccc(OCc3ccccc3Cl)cc2)C(=O)N1c1cccc(C(F)(F)F)c1. The Morgan fingerprint density at radius 2 is 1.70 bits per heavy atom. The first-order valence-corrected chi connectivity index (χ1v) is 10.8. The average molecular weight is 490 g/mol. The number of anilines is 1. The number of hydrogen-bond donors (Lipinski definition) is 0. The smallest absolute Gasteiger partial charge is 0.416 e. The number of hydrogen-bond acceptors (Lipinski definition) is 4. The van der Waals surface area contributed by atoms with Crippen molar-refractivity contribution in [2.45, 2.75) is 12.8 Å². The van der Waals surface area contributed by atoms with Gasteiger partial charge in [0.25, 0.3) is 11.1 Å². The normalized spacial score (nSPS) is 15.4. The molecule has 3 aromatic carbocycles. The van der Waals surface area contributed by atoms with Gasteiger partial charge in [-0.2, -0.15) is 13.2 Å². The lowest BCUT2D eigenvalue weighted by Crippen LogP contribution is -2.28. The van der Waals surface area contributed by atoms with Crippen molar-refractivity contribution in [3.8, 4) is 5.75 Å². The van der Waals surface area contributed by atoms with Gasteiger partial charge in [0.2, 0.25) is 0 Å². The lowest BCUT2D eigenvalue weighted by molar-refractivity contribution is -0.137. The minimum atomic E-state index is -4.58. The first kappa shape index (κ1) is 22.9. The Morgan fingerprint density at radius 3 is 2.39 bits per heavy atom. The number of halogens is 4. The van der Waals surface area contributed by atoms with E-state index in [1.54, 1.807) is 30.3 Å². The Morgan fingerprint density at radius 1 is 0.970 bits per heavy atom. The molecule has 33 heavy (non-hydrogen) atoms. The zero-order chi connectivity index (χ0) is 23.6. The number of amides is 2. The number of thioether (sulfide) groups is 1. The zero-order valence-electron chi connectivity index (χ0n) is 16.8. The van der Waals surface area contributed by atoms with Crippen molar-refractivity contribution in [1.29, 1.82) is 0 Å². The van der Waals surface area contributed by atoms with Crippen LogP contribution in [0.25, 0.3) is 6.08 Å². The third-order valence-electron chi connectivity index (χ3n) is 4.76.